The number of carbonyl (C=O) groups is 2. The first-order valence-electron chi connectivity index (χ1n) is 11.5. The Morgan fingerprint density at radius 1 is 0.607 bits per heavy atom. The maximum atomic E-state index is 11.8. The van der Waals surface area contributed by atoms with Gasteiger partial charge in [0, 0.05) is 12.8 Å². The van der Waals surface area contributed by atoms with Gasteiger partial charge >= 0.3 is 11.9 Å². The molecule has 0 aromatic heterocycles. The van der Waals surface area contributed by atoms with Crippen molar-refractivity contribution in [1.82, 2.24) is 0 Å². The summed E-state index contributed by atoms with van der Waals surface area (Å²) in [6, 6.07) is 0. The molecule has 0 spiro atoms. The highest BCUT2D eigenvalue weighted by Gasteiger charge is 2.15. The van der Waals surface area contributed by atoms with Crippen molar-refractivity contribution >= 4 is 11.9 Å². The third-order valence-electron chi connectivity index (χ3n) is 5.02. The Hall–Kier alpha value is -1.06. The van der Waals surface area contributed by atoms with Gasteiger partial charge in [-0.1, -0.05) is 80.1 Å². The van der Waals surface area contributed by atoms with Crippen molar-refractivity contribution in [2.24, 2.45) is 23.7 Å². The molecule has 0 saturated heterocycles. The normalized spacial score (nSPS) is 12.6. The Bertz CT molecular complexity index is 401. The highest BCUT2D eigenvalue weighted by atomic mass is 16.5. The van der Waals surface area contributed by atoms with E-state index in [0.29, 0.717) is 49.7 Å². The zero-order valence-corrected chi connectivity index (χ0v) is 19.4. The largest absolute Gasteiger partial charge is 0.465 e. The SMILES string of the molecule is CC(C)COC(=O)CCCCCCCCC(CCC(=O)OCC(C)C)C(C)C. The van der Waals surface area contributed by atoms with E-state index in [1.807, 2.05) is 0 Å². The van der Waals surface area contributed by atoms with Gasteiger partial charge in [-0.2, -0.15) is 0 Å². The van der Waals surface area contributed by atoms with Crippen LogP contribution in [0.2, 0.25) is 0 Å². The molecule has 0 amide bonds. The number of hydrogen-bond donors (Lipinski definition) is 0. The van der Waals surface area contributed by atoms with E-state index in [4.69, 9.17) is 9.47 Å². The third-order valence-corrected chi connectivity index (χ3v) is 5.02. The molecule has 0 aromatic carbocycles. The Morgan fingerprint density at radius 3 is 1.57 bits per heavy atom. The Morgan fingerprint density at radius 2 is 1.07 bits per heavy atom. The molecule has 1 atom stereocenters. The average molecular weight is 399 g/mol. The van der Waals surface area contributed by atoms with E-state index >= 15 is 0 Å². The van der Waals surface area contributed by atoms with Crippen LogP contribution in [0.15, 0.2) is 0 Å². The summed E-state index contributed by atoms with van der Waals surface area (Å²) in [5.74, 6) is 1.91. The first-order valence-corrected chi connectivity index (χ1v) is 11.5. The monoisotopic (exact) mass is 398 g/mol. The molecule has 4 heteroatoms. The zero-order valence-electron chi connectivity index (χ0n) is 19.4. The molecule has 28 heavy (non-hydrogen) atoms. The summed E-state index contributed by atoms with van der Waals surface area (Å²) in [4.78, 5) is 23.4. The minimum absolute atomic E-state index is 0.0497. The van der Waals surface area contributed by atoms with Crippen LogP contribution in [-0.4, -0.2) is 25.2 Å². The van der Waals surface area contributed by atoms with Crippen molar-refractivity contribution in [1.29, 1.82) is 0 Å². The van der Waals surface area contributed by atoms with E-state index in [9.17, 15) is 9.59 Å². The number of hydrogen-bond acceptors (Lipinski definition) is 4. The topological polar surface area (TPSA) is 52.6 Å². The molecule has 0 aliphatic heterocycles. The molecule has 0 saturated carbocycles. The minimum Gasteiger partial charge on any atom is -0.465 e. The van der Waals surface area contributed by atoms with Gasteiger partial charge in [0.1, 0.15) is 0 Å². The van der Waals surface area contributed by atoms with Crippen LogP contribution in [0.3, 0.4) is 0 Å². The van der Waals surface area contributed by atoms with Gasteiger partial charge in [0.25, 0.3) is 0 Å². The lowest BCUT2D eigenvalue weighted by Crippen LogP contribution is -2.14. The fourth-order valence-corrected chi connectivity index (χ4v) is 3.16. The molecule has 166 valence electrons. The van der Waals surface area contributed by atoms with Gasteiger partial charge < -0.3 is 9.47 Å². The Balaban J connectivity index is 3.71. The van der Waals surface area contributed by atoms with Gasteiger partial charge in [-0.15, -0.1) is 0 Å². The highest BCUT2D eigenvalue weighted by Crippen LogP contribution is 2.24. The second-order valence-corrected chi connectivity index (χ2v) is 9.36. The van der Waals surface area contributed by atoms with Crippen molar-refractivity contribution in [3.8, 4) is 0 Å². The molecule has 0 fully saturated rings. The van der Waals surface area contributed by atoms with Crippen molar-refractivity contribution < 1.29 is 19.1 Å². The average Bonchev–Trinajstić information content (AvgIpc) is 2.62. The standard InChI is InChI=1S/C24H46O4/c1-19(2)17-27-23(25)14-12-10-8-7-9-11-13-22(21(5)6)15-16-24(26)28-18-20(3)4/h19-22H,7-18H2,1-6H3. The number of carbonyl (C=O) groups excluding carboxylic acids is 2. The lowest BCUT2D eigenvalue weighted by molar-refractivity contribution is -0.145. The van der Waals surface area contributed by atoms with Crippen molar-refractivity contribution in [3.05, 3.63) is 0 Å². The van der Waals surface area contributed by atoms with Crippen LogP contribution in [-0.2, 0) is 19.1 Å². The molecule has 0 bridgehead atoms. The van der Waals surface area contributed by atoms with Gasteiger partial charge in [-0.3, -0.25) is 9.59 Å². The van der Waals surface area contributed by atoms with Crippen LogP contribution in [0.5, 0.6) is 0 Å². The Kier molecular flexibility index (Phi) is 16.2. The van der Waals surface area contributed by atoms with Crippen LogP contribution < -0.4 is 0 Å². The van der Waals surface area contributed by atoms with E-state index in [1.54, 1.807) is 0 Å². The number of rotatable bonds is 17. The van der Waals surface area contributed by atoms with Crippen LogP contribution >= 0.6 is 0 Å². The Labute approximate surface area is 174 Å². The van der Waals surface area contributed by atoms with Gasteiger partial charge in [0.05, 0.1) is 13.2 Å². The van der Waals surface area contributed by atoms with Crippen LogP contribution in [0.4, 0.5) is 0 Å². The summed E-state index contributed by atoms with van der Waals surface area (Å²) < 4.78 is 10.5. The van der Waals surface area contributed by atoms with Crippen LogP contribution in [0.25, 0.3) is 0 Å². The van der Waals surface area contributed by atoms with E-state index in [2.05, 4.69) is 41.5 Å². The predicted molar refractivity (Wildman–Crippen MR) is 116 cm³/mol. The molecule has 0 aromatic rings. The highest BCUT2D eigenvalue weighted by molar-refractivity contribution is 5.69. The van der Waals surface area contributed by atoms with Crippen molar-refractivity contribution in [2.75, 3.05) is 13.2 Å². The minimum atomic E-state index is -0.0552. The maximum absolute atomic E-state index is 11.8. The summed E-state index contributed by atoms with van der Waals surface area (Å²) >= 11 is 0. The van der Waals surface area contributed by atoms with E-state index < -0.39 is 0 Å². The van der Waals surface area contributed by atoms with E-state index in [0.717, 1.165) is 19.3 Å². The lowest BCUT2D eigenvalue weighted by atomic mass is 9.86. The van der Waals surface area contributed by atoms with Gasteiger partial charge in [-0.25, -0.2) is 0 Å². The van der Waals surface area contributed by atoms with E-state index in [1.165, 1.54) is 32.1 Å². The second-order valence-electron chi connectivity index (χ2n) is 9.36. The summed E-state index contributed by atoms with van der Waals surface area (Å²) in [6.45, 7) is 13.8. The van der Waals surface area contributed by atoms with Gasteiger partial charge in [0.2, 0.25) is 0 Å². The van der Waals surface area contributed by atoms with Crippen molar-refractivity contribution in [2.45, 2.75) is 106 Å². The maximum Gasteiger partial charge on any atom is 0.305 e. The smallest absolute Gasteiger partial charge is 0.305 e. The molecule has 0 aliphatic rings. The summed E-state index contributed by atoms with van der Waals surface area (Å²) in [6.07, 6.45) is 10.1. The van der Waals surface area contributed by atoms with E-state index in [-0.39, 0.29) is 11.9 Å². The fourth-order valence-electron chi connectivity index (χ4n) is 3.16. The molecule has 0 N–H and O–H groups in total. The molecule has 0 aliphatic carbocycles. The molecule has 0 heterocycles. The predicted octanol–water partition coefficient (Wildman–Crippen LogP) is 6.56. The molecule has 1 unspecified atom stereocenters. The molecule has 4 nitrogen and oxygen atoms in total. The molecule has 0 rings (SSSR count). The quantitative estimate of drug-likeness (QED) is 0.206. The summed E-state index contributed by atoms with van der Waals surface area (Å²) in [7, 11) is 0. The van der Waals surface area contributed by atoms with Crippen molar-refractivity contribution in [3.63, 3.8) is 0 Å². The summed E-state index contributed by atoms with van der Waals surface area (Å²) in [5, 5.41) is 0. The lowest BCUT2D eigenvalue weighted by Gasteiger charge is -2.20. The molecular formula is C24H46O4. The third kappa shape index (κ3) is 17.1. The zero-order chi connectivity index (χ0) is 21.4. The number of esters is 2. The van der Waals surface area contributed by atoms with Gasteiger partial charge in [0.15, 0.2) is 0 Å². The fraction of sp³-hybridized carbons (Fsp3) is 0.917. The molecule has 0 radical (unpaired) electrons. The molecular weight excluding hydrogens is 352 g/mol. The summed E-state index contributed by atoms with van der Waals surface area (Å²) in [5.41, 5.74) is 0. The van der Waals surface area contributed by atoms with Crippen LogP contribution in [0.1, 0.15) is 106 Å². The number of ether oxygens (including phenoxy) is 2. The first kappa shape index (κ1) is 26.9. The second kappa shape index (κ2) is 16.9. The number of unbranched alkanes of at least 4 members (excludes halogenated alkanes) is 5. The van der Waals surface area contributed by atoms with Gasteiger partial charge in [-0.05, 0) is 36.5 Å². The van der Waals surface area contributed by atoms with Crippen LogP contribution in [0, 0.1) is 23.7 Å². The first-order chi connectivity index (χ1) is 13.2.